The number of hydrogen-bond donors (Lipinski definition) is 1. The van der Waals surface area contributed by atoms with Crippen molar-refractivity contribution in [1.82, 2.24) is 4.90 Å². The molecular weight excluding hydrogens is 230 g/mol. The van der Waals surface area contributed by atoms with Crippen LogP contribution >= 0.6 is 0 Å². The Balaban J connectivity index is 1.62. The predicted molar refractivity (Wildman–Crippen MR) is 67.5 cm³/mol. The van der Waals surface area contributed by atoms with E-state index in [4.69, 9.17) is 9.84 Å². The molecule has 0 aromatic carbocycles. The maximum absolute atomic E-state index is 10.9. The van der Waals surface area contributed by atoms with Gasteiger partial charge in [-0.2, -0.15) is 0 Å². The Labute approximate surface area is 108 Å². The summed E-state index contributed by atoms with van der Waals surface area (Å²) in [7, 11) is 0. The van der Waals surface area contributed by atoms with Crippen molar-refractivity contribution in [2.24, 2.45) is 5.41 Å². The molecule has 3 fully saturated rings. The number of carbonyl (C=O) groups is 1. The molecule has 2 saturated carbocycles. The number of nitrogens with zero attached hydrogens (tertiary/aromatic N) is 1. The maximum Gasteiger partial charge on any atom is 0.303 e. The fourth-order valence-electron chi connectivity index (χ4n) is 3.69. The summed E-state index contributed by atoms with van der Waals surface area (Å²) in [6.45, 7) is 2.79. The van der Waals surface area contributed by atoms with Gasteiger partial charge in [0.05, 0.1) is 19.1 Å². The van der Waals surface area contributed by atoms with E-state index < -0.39 is 5.97 Å². The summed E-state index contributed by atoms with van der Waals surface area (Å²) < 4.78 is 5.87. The van der Waals surface area contributed by atoms with Gasteiger partial charge in [-0.3, -0.25) is 9.69 Å². The molecule has 2 atom stereocenters. The van der Waals surface area contributed by atoms with E-state index in [1.165, 1.54) is 25.7 Å². The van der Waals surface area contributed by atoms with Crippen LogP contribution in [0.5, 0.6) is 0 Å². The van der Waals surface area contributed by atoms with Crippen LogP contribution in [0.15, 0.2) is 0 Å². The number of morpholine rings is 1. The van der Waals surface area contributed by atoms with Gasteiger partial charge in [0.1, 0.15) is 0 Å². The van der Waals surface area contributed by atoms with Gasteiger partial charge in [-0.15, -0.1) is 0 Å². The van der Waals surface area contributed by atoms with Crippen molar-refractivity contribution in [3.63, 3.8) is 0 Å². The fraction of sp³-hybridized carbons (Fsp3) is 0.929. The smallest absolute Gasteiger partial charge is 0.303 e. The van der Waals surface area contributed by atoms with E-state index in [1.54, 1.807) is 0 Å². The second-order valence-electron chi connectivity index (χ2n) is 6.30. The quantitative estimate of drug-likeness (QED) is 0.831. The van der Waals surface area contributed by atoms with Crippen LogP contribution in [0, 0.1) is 5.41 Å². The lowest BCUT2D eigenvalue weighted by Gasteiger charge is -2.45. The first-order valence-corrected chi connectivity index (χ1v) is 7.26. The Hall–Kier alpha value is -0.610. The number of hydrogen-bond acceptors (Lipinski definition) is 3. The van der Waals surface area contributed by atoms with Gasteiger partial charge in [-0.05, 0) is 31.1 Å². The molecule has 102 valence electrons. The highest BCUT2D eigenvalue weighted by Crippen LogP contribution is 2.50. The average molecular weight is 253 g/mol. The zero-order valence-electron chi connectivity index (χ0n) is 10.9. The van der Waals surface area contributed by atoms with Crippen LogP contribution in [0.4, 0.5) is 0 Å². The molecule has 1 N–H and O–H groups in total. The van der Waals surface area contributed by atoms with Crippen LogP contribution in [0.1, 0.15) is 44.9 Å². The largest absolute Gasteiger partial charge is 0.481 e. The normalized spacial score (nSPS) is 34.9. The number of carboxylic acids is 1. The maximum atomic E-state index is 10.9. The van der Waals surface area contributed by atoms with E-state index in [2.05, 4.69) is 4.90 Å². The van der Waals surface area contributed by atoms with Crippen molar-refractivity contribution in [3.05, 3.63) is 0 Å². The first kappa shape index (κ1) is 12.4. The zero-order chi connectivity index (χ0) is 12.6. The molecule has 0 aromatic heterocycles. The van der Waals surface area contributed by atoms with Crippen molar-refractivity contribution >= 4 is 5.97 Å². The van der Waals surface area contributed by atoms with Crippen molar-refractivity contribution in [2.75, 3.05) is 19.7 Å². The average Bonchev–Trinajstić information content (AvgIpc) is 3.08. The monoisotopic (exact) mass is 253 g/mol. The standard InChI is InChI=1S/C14H23NO3/c16-13(17)9-14(5-6-14)10-15-7-8-18-12-4-2-1-3-11(12)15/h11-12H,1-10H2,(H,16,17). The minimum absolute atomic E-state index is 0.0885. The molecule has 1 saturated heterocycles. The molecule has 1 aliphatic heterocycles. The van der Waals surface area contributed by atoms with Crippen LogP contribution in [0.3, 0.4) is 0 Å². The van der Waals surface area contributed by atoms with E-state index in [9.17, 15) is 4.79 Å². The molecule has 1 heterocycles. The minimum atomic E-state index is -0.638. The molecule has 4 nitrogen and oxygen atoms in total. The lowest BCUT2D eigenvalue weighted by molar-refractivity contribution is -0.139. The molecule has 3 rings (SSSR count). The fourth-order valence-corrected chi connectivity index (χ4v) is 3.69. The van der Waals surface area contributed by atoms with Gasteiger partial charge in [-0.25, -0.2) is 0 Å². The summed E-state index contributed by atoms with van der Waals surface area (Å²) in [6.07, 6.45) is 7.95. The molecule has 0 bridgehead atoms. The van der Waals surface area contributed by atoms with Gasteiger partial charge in [0.2, 0.25) is 0 Å². The van der Waals surface area contributed by atoms with E-state index >= 15 is 0 Å². The summed E-state index contributed by atoms with van der Waals surface area (Å²) in [5.74, 6) is -0.638. The Morgan fingerprint density at radius 1 is 1.33 bits per heavy atom. The third-order valence-corrected chi connectivity index (χ3v) is 4.87. The van der Waals surface area contributed by atoms with Crippen molar-refractivity contribution in [1.29, 1.82) is 0 Å². The van der Waals surface area contributed by atoms with Crippen molar-refractivity contribution < 1.29 is 14.6 Å². The molecule has 4 heteroatoms. The number of aliphatic carboxylic acids is 1. The summed E-state index contributed by atoms with van der Waals surface area (Å²) in [4.78, 5) is 13.5. The van der Waals surface area contributed by atoms with E-state index in [1.807, 2.05) is 0 Å². The Morgan fingerprint density at radius 3 is 2.83 bits per heavy atom. The number of carboxylic acid groups (broad SMARTS) is 1. The Bertz CT molecular complexity index is 325. The van der Waals surface area contributed by atoms with E-state index in [0.717, 1.165) is 32.5 Å². The van der Waals surface area contributed by atoms with Crippen LogP contribution in [-0.4, -0.2) is 47.8 Å². The summed E-state index contributed by atoms with van der Waals surface area (Å²) in [5.41, 5.74) is 0.0885. The highest BCUT2D eigenvalue weighted by molar-refractivity contribution is 5.68. The first-order valence-electron chi connectivity index (χ1n) is 7.26. The number of fused-ring (bicyclic) bond motifs is 1. The van der Waals surface area contributed by atoms with E-state index in [0.29, 0.717) is 18.6 Å². The molecule has 2 unspecified atom stereocenters. The third-order valence-electron chi connectivity index (χ3n) is 4.87. The second kappa shape index (κ2) is 4.82. The predicted octanol–water partition coefficient (Wildman–Crippen LogP) is 1.88. The van der Waals surface area contributed by atoms with Gasteiger partial charge >= 0.3 is 5.97 Å². The molecular formula is C14H23NO3. The van der Waals surface area contributed by atoms with Crippen LogP contribution in [0.2, 0.25) is 0 Å². The first-order chi connectivity index (χ1) is 8.69. The molecule has 0 amide bonds. The second-order valence-corrected chi connectivity index (χ2v) is 6.30. The Kier molecular flexibility index (Phi) is 3.32. The minimum Gasteiger partial charge on any atom is -0.481 e. The van der Waals surface area contributed by atoms with Gasteiger partial charge in [0.15, 0.2) is 0 Å². The van der Waals surface area contributed by atoms with Crippen molar-refractivity contribution in [2.45, 2.75) is 57.1 Å². The molecule has 18 heavy (non-hydrogen) atoms. The molecule has 0 aromatic rings. The van der Waals surface area contributed by atoms with Gasteiger partial charge in [0.25, 0.3) is 0 Å². The molecule has 0 radical (unpaired) electrons. The highest BCUT2D eigenvalue weighted by Gasteiger charge is 2.47. The van der Waals surface area contributed by atoms with Crippen LogP contribution < -0.4 is 0 Å². The third kappa shape index (κ3) is 2.54. The van der Waals surface area contributed by atoms with Gasteiger partial charge in [0, 0.05) is 19.1 Å². The molecule has 0 spiro atoms. The summed E-state index contributed by atoms with van der Waals surface area (Å²) in [6, 6.07) is 0.554. The van der Waals surface area contributed by atoms with Crippen LogP contribution in [-0.2, 0) is 9.53 Å². The number of ether oxygens (including phenoxy) is 1. The lowest BCUT2D eigenvalue weighted by atomic mass is 9.89. The molecule has 3 aliphatic rings. The van der Waals surface area contributed by atoms with Gasteiger partial charge < -0.3 is 9.84 Å². The SMILES string of the molecule is O=C(O)CC1(CN2CCOC3CCCCC32)CC1. The number of rotatable bonds is 4. The topological polar surface area (TPSA) is 49.8 Å². The summed E-state index contributed by atoms with van der Waals surface area (Å²) >= 11 is 0. The van der Waals surface area contributed by atoms with Crippen molar-refractivity contribution in [3.8, 4) is 0 Å². The highest BCUT2D eigenvalue weighted by atomic mass is 16.5. The summed E-state index contributed by atoms with van der Waals surface area (Å²) in [5, 5.41) is 9.01. The lowest BCUT2D eigenvalue weighted by Crippen LogP contribution is -2.54. The van der Waals surface area contributed by atoms with Crippen LogP contribution in [0.25, 0.3) is 0 Å². The zero-order valence-corrected chi connectivity index (χ0v) is 10.9. The molecule has 2 aliphatic carbocycles. The Morgan fingerprint density at radius 2 is 2.11 bits per heavy atom. The van der Waals surface area contributed by atoms with Gasteiger partial charge in [-0.1, -0.05) is 12.8 Å². The van der Waals surface area contributed by atoms with E-state index in [-0.39, 0.29) is 5.41 Å².